The Labute approximate surface area is 64.1 Å². The van der Waals surface area contributed by atoms with Crippen molar-refractivity contribution in [3.05, 3.63) is 0 Å². The molecule has 1 unspecified atom stereocenters. The highest BCUT2D eigenvalue weighted by molar-refractivity contribution is 5.86. The molecular formula is C5H12N4O2. The predicted octanol–water partition coefficient (Wildman–Crippen LogP) is -3.13. The van der Waals surface area contributed by atoms with Crippen molar-refractivity contribution in [3.8, 4) is 0 Å². The third-order valence-corrected chi connectivity index (χ3v) is 1.03. The number of hydrogen-bond donors (Lipinski definition) is 4. The van der Waals surface area contributed by atoms with Crippen LogP contribution in [0, 0.1) is 0 Å². The van der Waals surface area contributed by atoms with Gasteiger partial charge in [-0.2, -0.15) is 0 Å². The molecule has 0 fully saturated rings. The highest BCUT2D eigenvalue weighted by atomic mass is 16.2. The van der Waals surface area contributed by atoms with E-state index < -0.39 is 17.9 Å². The predicted molar refractivity (Wildman–Crippen MR) is 39.2 cm³/mol. The highest BCUT2D eigenvalue weighted by Crippen LogP contribution is 1.72. The first-order valence-corrected chi connectivity index (χ1v) is 3.09. The highest BCUT2D eigenvalue weighted by Gasteiger charge is 2.10. The van der Waals surface area contributed by atoms with Gasteiger partial charge in [-0.1, -0.05) is 0 Å². The van der Waals surface area contributed by atoms with Crippen molar-refractivity contribution in [3.63, 3.8) is 0 Å². The Morgan fingerprint density at radius 3 is 2.36 bits per heavy atom. The number of primary amides is 1. The van der Waals surface area contributed by atoms with Gasteiger partial charge in [-0.25, -0.2) is 0 Å². The normalized spacial score (nSPS) is 12.2. The van der Waals surface area contributed by atoms with Crippen LogP contribution in [0.3, 0.4) is 0 Å². The maximum atomic E-state index is 10.8. The molecule has 0 radical (unpaired) electrons. The molecule has 0 saturated carbocycles. The number of rotatable bonds is 4. The van der Waals surface area contributed by atoms with Crippen molar-refractivity contribution in [1.29, 1.82) is 0 Å². The van der Waals surface area contributed by atoms with E-state index in [1.54, 1.807) is 0 Å². The van der Waals surface area contributed by atoms with Crippen molar-refractivity contribution >= 4 is 11.8 Å². The van der Waals surface area contributed by atoms with Crippen LogP contribution < -0.4 is 22.5 Å². The minimum atomic E-state index is -0.769. The van der Waals surface area contributed by atoms with Gasteiger partial charge in [-0.05, 0) is 0 Å². The molecular weight excluding hydrogens is 148 g/mol. The Morgan fingerprint density at radius 1 is 1.45 bits per heavy atom. The molecule has 0 heterocycles. The number of hydrogen-bond acceptors (Lipinski definition) is 4. The second kappa shape index (κ2) is 4.64. The number of nitrogens with two attached hydrogens (primary N) is 3. The van der Waals surface area contributed by atoms with Crippen molar-refractivity contribution in [2.75, 3.05) is 13.1 Å². The molecule has 7 N–H and O–H groups in total. The maximum Gasteiger partial charge on any atom is 0.238 e. The molecule has 11 heavy (non-hydrogen) atoms. The number of nitrogens with one attached hydrogen (secondary N) is 1. The van der Waals surface area contributed by atoms with Crippen LogP contribution in [0.5, 0.6) is 0 Å². The summed E-state index contributed by atoms with van der Waals surface area (Å²) in [6.07, 6.45) is 0. The Hall–Kier alpha value is -1.14. The van der Waals surface area contributed by atoms with E-state index >= 15 is 0 Å². The van der Waals surface area contributed by atoms with Gasteiger partial charge in [0.1, 0.15) is 0 Å². The summed E-state index contributed by atoms with van der Waals surface area (Å²) in [5.41, 5.74) is 15.0. The summed E-state index contributed by atoms with van der Waals surface area (Å²) in [5, 5.41) is 2.21. The van der Waals surface area contributed by atoms with Crippen LogP contribution >= 0.6 is 0 Å². The van der Waals surface area contributed by atoms with E-state index in [0.717, 1.165) is 0 Å². The summed E-state index contributed by atoms with van der Waals surface area (Å²) in [4.78, 5) is 20.9. The van der Waals surface area contributed by atoms with Gasteiger partial charge in [-0.3, -0.25) is 9.59 Å². The molecule has 6 nitrogen and oxygen atoms in total. The van der Waals surface area contributed by atoms with E-state index in [1.165, 1.54) is 0 Å². The lowest BCUT2D eigenvalue weighted by Crippen LogP contribution is -2.47. The molecule has 0 spiro atoms. The van der Waals surface area contributed by atoms with Gasteiger partial charge in [0.15, 0.2) is 0 Å². The second-order valence-electron chi connectivity index (χ2n) is 2.03. The fourth-order valence-electron chi connectivity index (χ4n) is 0.412. The van der Waals surface area contributed by atoms with Gasteiger partial charge >= 0.3 is 0 Å². The standard InChI is InChI=1S/C5H12N4O2/c6-1-3(7)5(11)9-2-4(8)10/h3H,1-2,6-7H2,(H2,8,10)(H,9,11). The summed E-state index contributed by atoms with van der Waals surface area (Å²) in [7, 11) is 0. The molecule has 6 heteroatoms. The Balaban J connectivity index is 3.60. The molecule has 64 valence electrons. The van der Waals surface area contributed by atoms with Crippen LogP contribution in [0.25, 0.3) is 0 Å². The molecule has 0 aromatic heterocycles. The first-order valence-electron chi connectivity index (χ1n) is 3.09. The van der Waals surface area contributed by atoms with E-state index in [2.05, 4.69) is 5.32 Å². The lowest BCUT2D eigenvalue weighted by molar-refractivity contribution is -0.125. The van der Waals surface area contributed by atoms with Gasteiger partial charge in [0.05, 0.1) is 12.6 Å². The molecule has 0 aromatic rings. The largest absolute Gasteiger partial charge is 0.368 e. The topological polar surface area (TPSA) is 124 Å². The summed E-state index contributed by atoms with van der Waals surface area (Å²) < 4.78 is 0. The van der Waals surface area contributed by atoms with Crippen LogP contribution in [-0.4, -0.2) is 30.9 Å². The monoisotopic (exact) mass is 160 g/mol. The Morgan fingerprint density at radius 2 is 2.00 bits per heavy atom. The lowest BCUT2D eigenvalue weighted by Gasteiger charge is -2.07. The van der Waals surface area contributed by atoms with Crippen LogP contribution in [0.1, 0.15) is 0 Å². The SMILES string of the molecule is NCC(N)C(=O)NCC(N)=O. The van der Waals surface area contributed by atoms with E-state index in [4.69, 9.17) is 17.2 Å². The van der Waals surface area contributed by atoms with Gasteiger partial charge < -0.3 is 22.5 Å². The van der Waals surface area contributed by atoms with Gasteiger partial charge in [0.25, 0.3) is 0 Å². The van der Waals surface area contributed by atoms with Crippen molar-refractivity contribution in [2.24, 2.45) is 17.2 Å². The van der Waals surface area contributed by atoms with Crippen LogP contribution in [0.2, 0.25) is 0 Å². The first kappa shape index (κ1) is 9.86. The van der Waals surface area contributed by atoms with E-state index in [9.17, 15) is 9.59 Å². The third kappa shape index (κ3) is 4.29. The average Bonchev–Trinajstić information content (AvgIpc) is 1.98. The summed E-state index contributed by atoms with van der Waals surface area (Å²) in [6.45, 7) is -0.156. The van der Waals surface area contributed by atoms with Crippen molar-refractivity contribution < 1.29 is 9.59 Å². The van der Waals surface area contributed by atoms with Gasteiger partial charge in [-0.15, -0.1) is 0 Å². The number of carbonyl (C=O) groups excluding carboxylic acids is 2. The Kier molecular flexibility index (Phi) is 4.16. The van der Waals surface area contributed by atoms with Crippen LogP contribution in [0.4, 0.5) is 0 Å². The summed E-state index contributed by atoms with van der Waals surface area (Å²) in [5.74, 6) is -1.08. The quantitative estimate of drug-likeness (QED) is 0.347. The van der Waals surface area contributed by atoms with Gasteiger partial charge in [0.2, 0.25) is 11.8 Å². The molecule has 1 atom stereocenters. The number of carbonyl (C=O) groups is 2. The lowest BCUT2D eigenvalue weighted by atomic mass is 10.3. The molecule has 0 aliphatic heterocycles. The minimum absolute atomic E-state index is 0.0462. The summed E-state index contributed by atoms with van der Waals surface area (Å²) >= 11 is 0. The van der Waals surface area contributed by atoms with E-state index in [0.29, 0.717) is 0 Å². The zero-order valence-corrected chi connectivity index (χ0v) is 6.04. The molecule has 0 rings (SSSR count). The Bertz CT molecular complexity index is 159. The second-order valence-corrected chi connectivity index (χ2v) is 2.03. The molecule has 0 saturated heterocycles. The van der Waals surface area contributed by atoms with Crippen LogP contribution in [-0.2, 0) is 9.59 Å². The molecule has 0 aromatic carbocycles. The number of amides is 2. The zero-order chi connectivity index (χ0) is 8.85. The fraction of sp³-hybridized carbons (Fsp3) is 0.600. The average molecular weight is 160 g/mol. The summed E-state index contributed by atoms with van der Waals surface area (Å²) in [6, 6.07) is -0.769. The van der Waals surface area contributed by atoms with E-state index in [-0.39, 0.29) is 13.1 Å². The fourth-order valence-corrected chi connectivity index (χ4v) is 0.412. The molecule has 0 aliphatic rings. The van der Waals surface area contributed by atoms with Crippen LogP contribution in [0.15, 0.2) is 0 Å². The first-order chi connectivity index (χ1) is 5.07. The maximum absolute atomic E-state index is 10.8. The minimum Gasteiger partial charge on any atom is -0.368 e. The smallest absolute Gasteiger partial charge is 0.238 e. The zero-order valence-electron chi connectivity index (χ0n) is 6.04. The molecule has 2 amide bonds. The molecule has 0 bridgehead atoms. The van der Waals surface area contributed by atoms with Gasteiger partial charge in [0, 0.05) is 6.54 Å². The van der Waals surface area contributed by atoms with E-state index in [1.807, 2.05) is 0 Å². The molecule has 0 aliphatic carbocycles. The van der Waals surface area contributed by atoms with Crippen molar-refractivity contribution in [2.45, 2.75) is 6.04 Å². The third-order valence-electron chi connectivity index (χ3n) is 1.03. The van der Waals surface area contributed by atoms with Crippen molar-refractivity contribution in [1.82, 2.24) is 5.32 Å².